The second-order valence-corrected chi connectivity index (χ2v) is 10.6. The van der Waals surface area contributed by atoms with Gasteiger partial charge in [0.2, 0.25) is 10.0 Å². The van der Waals surface area contributed by atoms with Crippen molar-refractivity contribution >= 4 is 43.2 Å². The number of amides is 1. The van der Waals surface area contributed by atoms with Gasteiger partial charge in [0, 0.05) is 24.2 Å². The largest absolute Gasteiger partial charge is 0.379 e. The number of benzene rings is 3. The Morgan fingerprint density at radius 3 is 2.56 bits per heavy atom. The average Bonchev–Trinajstić information content (AvgIpc) is 3.29. The molecule has 0 bridgehead atoms. The van der Waals surface area contributed by atoms with Crippen molar-refractivity contribution in [2.75, 3.05) is 31.6 Å². The van der Waals surface area contributed by atoms with Crippen molar-refractivity contribution < 1.29 is 22.3 Å². The molecule has 1 fully saturated rings. The van der Waals surface area contributed by atoms with Gasteiger partial charge in [0.25, 0.3) is 5.91 Å². The number of carbonyl (C=O) groups is 1. The Morgan fingerprint density at radius 2 is 1.76 bits per heavy atom. The molecule has 10 heteroatoms. The zero-order valence-electron chi connectivity index (χ0n) is 17.9. The van der Waals surface area contributed by atoms with Crippen molar-refractivity contribution in [1.29, 1.82) is 0 Å². The van der Waals surface area contributed by atoms with Crippen molar-refractivity contribution in [3.8, 4) is 10.6 Å². The van der Waals surface area contributed by atoms with Crippen molar-refractivity contribution in [2.24, 2.45) is 0 Å². The van der Waals surface area contributed by atoms with Crippen LogP contribution in [0.3, 0.4) is 0 Å². The highest BCUT2D eigenvalue weighted by Crippen LogP contribution is 2.34. The van der Waals surface area contributed by atoms with Gasteiger partial charge in [0.05, 0.1) is 29.1 Å². The predicted octanol–water partition coefficient (Wildman–Crippen LogP) is 4.38. The van der Waals surface area contributed by atoms with E-state index in [1.807, 2.05) is 36.4 Å². The summed E-state index contributed by atoms with van der Waals surface area (Å²) >= 11 is 1.50. The molecular weight excluding hydrogens is 477 g/mol. The summed E-state index contributed by atoms with van der Waals surface area (Å²) in [7, 11) is -4.10. The SMILES string of the molecule is O=C(Nc1ccccc1-c1nc2ccccc2s1)c1ccc(F)c(S(=O)(=O)N2CCOCC2)c1. The topological polar surface area (TPSA) is 88.6 Å². The number of hydrogen-bond acceptors (Lipinski definition) is 6. The number of thiazole rings is 1. The van der Waals surface area contributed by atoms with E-state index >= 15 is 0 Å². The molecular formula is C24H20FN3O4S2. The Labute approximate surface area is 199 Å². The lowest BCUT2D eigenvalue weighted by Gasteiger charge is -2.26. The van der Waals surface area contributed by atoms with E-state index in [4.69, 9.17) is 4.74 Å². The van der Waals surface area contributed by atoms with E-state index in [-0.39, 0.29) is 31.9 Å². The number of fused-ring (bicyclic) bond motifs is 1. The van der Waals surface area contributed by atoms with Gasteiger partial charge in [-0.25, -0.2) is 17.8 Å². The number of nitrogens with zero attached hydrogens (tertiary/aromatic N) is 2. The van der Waals surface area contributed by atoms with Crippen LogP contribution in [-0.2, 0) is 14.8 Å². The van der Waals surface area contributed by atoms with Gasteiger partial charge >= 0.3 is 0 Å². The molecule has 2 heterocycles. The zero-order chi connectivity index (χ0) is 23.7. The first-order chi connectivity index (χ1) is 16.4. The van der Waals surface area contributed by atoms with Crippen LogP contribution in [0.15, 0.2) is 71.6 Å². The lowest BCUT2D eigenvalue weighted by Crippen LogP contribution is -2.41. The molecule has 0 aliphatic carbocycles. The fraction of sp³-hybridized carbons (Fsp3) is 0.167. The van der Waals surface area contributed by atoms with E-state index in [0.717, 1.165) is 32.9 Å². The molecule has 1 aromatic heterocycles. The highest BCUT2D eigenvalue weighted by atomic mass is 32.2. The van der Waals surface area contributed by atoms with Gasteiger partial charge in [0.15, 0.2) is 0 Å². The Balaban J connectivity index is 1.45. The Kier molecular flexibility index (Phi) is 6.13. The Bertz CT molecular complexity index is 1450. The number of nitrogens with one attached hydrogen (secondary N) is 1. The van der Waals surface area contributed by atoms with Crippen LogP contribution in [0, 0.1) is 5.82 Å². The first-order valence-electron chi connectivity index (χ1n) is 10.6. The third kappa shape index (κ3) is 4.32. The van der Waals surface area contributed by atoms with Gasteiger partial charge in [-0.1, -0.05) is 24.3 Å². The van der Waals surface area contributed by atoms with Crippen LogP contribution in [0.1, 0.15) is 10.4 Å². The summed E-state index contributed by atoms with van der Waals surface area (Å²) < 4.78 is 47.8. The number of carbonyl (C=O) groups excluding carboxylic acids is 1. The minimum atomic E-state index is -4.10. The molecule has 0 radical (unpaired) electrons. The molecule has 0 spiro atoms. The number of sulfonamides is 1. The number of anilines is 1. The van der Waals surface area contributed by atoms with E-state index in [0.29, 0.717) is 5.69 Å². The summed E-state index contributed by atoms with van der Waals surface area (Å²) in [6.07, 6.45) is 0. The van der Waals surface area contributed by atoms with E-state index in [2.05, 4.69) is 10.3 Å². The maximum Gasteiger partial charge on any atom is 0.255 e. The van der Waals surface area contributed by atoms with Crippen LogP contribution in [0.25, 0.3) is 20.8 Å². The van der Waals surface area contributed by atoms with E-state index in [9.17, 15) is 17.6 Å². The Morgan fingerprint density at radius 1 is 1.03 bits per heavy atom. The predicted molar refractivity (Wildman–Crippen MR) is 129 cm³/mol. The highest BCUT2D eigenvalue weighted by molar-refractivity contribution is 7.89. The number of rotatable bonds is 5. The normalized spacial score (nSPS) is 14.9. The van der Waals surface area contributed by atoms with Gasteiger partial charge in [0.1, 0.15) is 15.7 Å². The summed E-state index contributed by atoms with van der Waals surface area (Å²) in [5.74, 6) is -1.45. The van der Waals surface area contributed by atoms with E-state index in [1.54, 1.807) is 12.1 Å². The third-order valence-corrected chi connectivity index (χ3v) is 8.46. The molecule has 0 unspecified atom stereocenters. The maximum atomic E-state index is 14.5. The number of ether oxygens (including phenoxy) is 1. The zero-order valence-corrected chi connectivity index (χ0v) is 19.5. The molecule has 1 saturated heterocycles. The minimum Gasteiger partial charge on any atom is -0.379 e. The third-order valence-electron chi connectivity index (χ3n) is 5.48. The summed E-state index contributed by atoms with van der Waals surface area (Å²) in [6, 6.07) is 18.3. The molecule has 1 amide bonds. The highest BCUT2D eigenvalue weighted by Gasteiger charge is 2.30. The number of morpholine rings is 1. The fourth-order valence-corrected chi connectivity index (χ4v) is 6.23. The summed E-state index contributed by atoms with van der Waals surface area (Å²) in [4.78, 5) is 17.2. The number of halogens is 1. The van der Waals surface area contributed by atoms with Crippen LogP contribution in [0.2, 0.25) is 0 Å². The molecule has 5 rings (SSSR count). The van der Waals surface area contributed by atoms with Crippen molar-refractivity contribution in [3.05, 3.63) is 78.1 Å². The summed E-state index contributed by atoms with van der Waals surface area (Å²) in [5, 5.41) is 3.57. The van der Waals surface area contributed by atoms with Gasteiger partial charge in [-0.3, -0.25) is 4.79 Å². The second-order valence-electron chi connectivity index (χ2n) is 7.65. The minimum absolute atomic E-state index is 0.0346. The monoisotopic (exact) mass is 497 g/mol. The van der Waals surface area contributed by atoms with Crippen LogP contribution >= 0.6 is 11.3 Å². The molecule has 4 aromatic rings. The first-order valence-corrected chi connectivity index (χ1v) is 12.8. The van der Waals surface area contributed by atoms with Crippen molar-refractivity contribution in [1.82, 2.24) is 9.29 Å². The summed E-state index contributed by atoms with van der Waals surface area (Å²) in [6.45, 7) is 0.745. The number of para-hydroxylation sites is 2. The van der Waals surface area contributed by atoms with Crippen molar-refractivity contribution in [3.63, 3.8) is 0 Å². The lowest BCUT2D eigenvalue weighted by atomic mass is 10.1. The summed E-state index contributed by atoms with van der Waals surface area (Å²) in [5.41, 5.74) is 2.15. The molecule has 1 aliphatic rings. The smallest absolute Gasteiger partial charge is 0.255 e. The second kappa shape index (κ2) is 9.22. The standard InChI is InChI=1S/C24H20FN3O4S2/c25-18-10-9-16(15-22(18)34(30,31)28-11-13-32-14-12-28)23(29)26-19-6-2-1-5-17(19)24-27-20-7-3-4-8-21(20)33-24/h1-10,15H,11-14H2,(H,26,29). The van der Waals surface area contributed by atoms with Crippen LogP contribution in [-0.4, -0.2) is 49.9 Å². The van der Waals surface area contributed by atoms with Gasteiger partial charge in [-0.05, 0) is 42.5 Å². The number of aromatic nitrogens is 1. The number of hydrogen-bond donors (Lipinski definition) is 1. The fourth-order valence-electron chi connectivity index (χ4n) is 3.73. The van der Waals surface area contributed by atoms with Gasteiger partial charge in [-0.2, -0.15) is 4.31 Å². The van der Waals surface area contributed by atoms with Gasteiger partial charge < -0.3 is 10.1 Å². The molecule has 7 nitrogen and oxygen atoms in total. The molecule has 3 aromatic carbocycles. The van der Waals surface area contributed by atoms with E-state index < -0.39 is 26.6 Å². The van der Waals surface area contributed by atoms with Gasteiger partial charge in [-0.15, -0.1) is 11.3 Å². The average molecular weight is 498 g/mol. The quantitative estimate of drug-likeness (QED) is 0.442. The van der Waals surface area contributed by atoms with E-state index in [1.165, 1.54) is 21.7 Å². The lowest BCUT2D eigenvalue weighted by molar-refractivity contribution is 0.0729. The molecule has 0 atom stereocenters. The van der Waals surface area contributed by atoms with Crippen LogP contribution in [0.5, 0.6) is 0 Å². The Hall–Kier alpha value is -3.18. The molecule has 1 aliphatic heterocycles. The van der Waals surface area contributed by atoms with Crippen LogP contribution in [0.4, 0.5) is 10.1 Å². The van der Waals surface area contributed by atoms with Crippen LogP contribution < -0.4 is 5.32 Å². The maximum absolute atomic E-state index is 14.5. The molecule has 34 heavy (non-hydrogen) atoms. The molecule has 0 saturated carbocycles. The molecule has 174 valence electrons. The molecule has 1 N–H and O–H groups in total. The first kappa shape index (κ1) is 22.6. The van der Waals surface area contributed by atoms with Crippen molar-refractivity contribution in [2.45, 2.75) is 4.90 Å².